The quantitative estimate of drug-likeness (QED) is 0.667. The van der Waals surface area contributed by atoms with E-state index < -0.39 is 18.0 Å². The maximum atomic E-state index is 12.3. The van der Waals surface area contributed by atoms with Gasteiger partial charge in [-0.2, -0.15) is 0 Å². The van der Waals surface area contributed by atoms with E-state index >= 15 is 0 Å². The van der Waals surface area contributed by atoms with E-state index in [1.54, 1.807) is 26.0 Å². The van der Waals surface area contributed by atoms with Crippen molar-refractivity contribution < 1.29 is 18.8 Å². The Morgan fingerprint density at radius 3 is 2.91 bits per heavy atom. The van der Waals surface area contributed by atoms with Gasteiger partial charge in [0, 0.05) is 12.2 Å². The Balaban J connectivity index is 2.24. The number of pyridine rings is 1. The molecule has 0 saturated heterocycles. The molecule has 116 valence electrons. The number of hydrogen-bond donors (Lipinski definition) is 1. The fourth-order valence-corrected chi connectivity index (χ4v) is 1.97. The highest BCUT2D eigenvalue weighted by molar-refractivity contribution is 6.04. The third kappa shape index (κ3) is 3.13. The van der Waals surface area contributed by atoms with Crippen LogP contribution in [0.5, 0.6) is 0 Å². The standard InChI is InChI=1S/C15H17N3O4/c1-5-6-16-13(19)10(4)21-15(20)11-7-8(2)17-14-12(11)9(3)18-22-14/h5,7,10H,1,6H2,2-4H3,(H,16,19). The van der Waals surface area contributed by atoms with E-state index in [4.69, 9.17) is 9.26 Å². The topological polar surface area (TPSA) is 94.3 Å². The molecule has 2 aromatic rings. The summed E-state index contributed by atoms with van der Waals surface area (Å²) in [6, 6.07) is 1.59. The molecule has 1 unspecified atom stereocenters. The lowest BCUT2D eigenvalue weighted by Crippen LogP contribution is -2.35. The number of carbonyl (C=O) groups excluding carboxylic acids is 2. The fourth-order valence-electron chi connectivity index (χ4n) is 1.97. The minimum absolute atomic E-state index is 0.271. The molecule has 1 atom stereocenters. The SMILES string of the molecule is C=CCNC(=O)C(C)OC(=O)c1cc(C)nc2onc(C)c12. The average molecular weight is 303 g/mol. The summed E-state index contributed by atoms with van der Waals surface area (Å²) in [5.41, 5.74) is 1.69. The van der Waals surface area contributed by atoms with Crippen LogP contribution in [-0.4, -0.2) is 34.7 Å². The van der Waals surface area contributed by atoms with Crippen LogP contribution in [0, 0.1) is 13.8 Å². The Labute approximate surface area is 127 Å². The molecule has 2 rings (SSSR count). The third-order valence-electron chi connectivity index (χ3n) is 3.04. The van der Waals surface area contributed by atoms with E-state index in [0.717, 1.165) is 0 Å². The molecule has 0 bridgehead atoms. The summed E-state index contributed by atoms with van der Waals surface area (Å²) in [5, 5.41) is 6.86. The molecule has 0 aliphatic carbocycles. The van der Waals surface area contributed by atoms with Crippen LogP contribution >= 0.6 is 0 Å². The molecule has 22 heavy (non-hydrogen) atoms. The second-order valence-electron chi connectivity index (χ2n) is 4.84. The molecule has 7 heteroatoms. The minimum atomic E-state index is -0.920. The van der Waals surface area contributed by atoms with Crippen LogP contribution < -0.4 is 5.32 Å². The van der Waals surface area contributed by atoms with Gasteiger partial charge in [-0.05, 0) is 26.8 Å². The van der Waals surface area contributed by atoms with Crippen molar-refractivity contribution in [2.24, 2.45) is 0 Å². The summed E-state index contributed by atoms with van der Waals surface area (Å²) < 4.78 is 10.3. The number of esters is 1. The zero-order valence-electron chi connectivity index (χ0n) is 12.7. The monoisotopic (exact) mass is 303 g/mol. The third-order valence-corrected chi connectivity index (χ3v) is 3.04. The second kappa shape index (κ2) is 6.38. The number of carbonyl (C=O) groups is 2. The molecular formula is C15H17N3O4. The molecule has 0 spiro atoms. The molecule has 0 saturated carbocycles. The van der Waals surface area contributed by atoms with E-state index in [1.165, 1.54) is 6.92 Å². The predicted octanol–water partition coefficient (Wildman–Crippen LogP) is 1.69. The zero-order valence-corrected chi connectivity index (χ0v) is 12.7. The van der Waals surface area contributed by atoms with Crippen LogP contribution in [0.3, 0.4) is 0 Å². The highest BCUT2D eigenvalue weighted by Crippen LogP contribution is 2.22. The molecule has 1 amide bonds. The summed E-state index contributed by atoms with van der Waals surface area (Å²) in [6.07, 6.45) is 0.624. The van der Waals surface area contributed by atoms with Crippen molar-refractivity contribution in [1.29, 1.82) is 0 Å². The number of nitrogens with one attached hydrogen (secondary N) is 1. The lowest BCUT2D eigenvalue weighted by molar-refractivity contribution is -0.128. The molecule has 0 fully saturated rings. The van der Waals surface area contributed by atoms with Crippen molar-refractivity contribution >= 4 is 23.0 Å². The smallest absolute Gasteiger partial charge is 0.339 e. The molecule has 0 radical (unpaired) electrons. The van der Waals surface area contributed by atoms with Crippen LogP contribution in [0.15, 0.2) is 23.2 Å². The van der Waals surface area contributed by atoms with Gasteiger partial charge in [-0.25, -0.2) is 9.78 Å². The Morgan fingerprint density at radius 1 is 1.50 bits per heavy atom. The molecule has 7 nitrogen and oxygen atoms in total. The van der Waals surface area contributed by atoms with E-state index in [2.05, 4.69) is 22.0 Å². The first-order valence-electron chi connectivity index (χ1n) is 6.77. The van der Waals surface area contributed by atoms with Gasteiger partial charge in [0.05, 0.1) is 16.6 Å². The van der Waals surface area contributed by atoms with E-state index in [0.29, 0.717) is 23.3 Å². The number of nitrogens with zero attached hydrogens (tertiary/aromatic N) is 2. The highest BCUT2D eigenvalue weighted by atomic mass is 16.5. The normalized spacial score (nSPS) is 12.0. The van der Waals surface area contributed by atoms with Gasteiger partial charge in [-0.1, -0.05) is 11.2 Å². The summed E-state index contributed by atoms with van der Waals surface area (Å²) >= 11 is 0. The largest absolute Gasteiger partial charge is 0.449 e. The zero-order chi connectivity index (χ0) is 16.3. The Kier molecular flexibility index (Phi) is 4.55. The maximum absolute atomic E-state index is 12.3. The van der Waals surface area contributed by atoms with Gasteiger partial charge >= 0.3 is 5.97 Å². The predicted molar refractivity (Wildman–Crippen MR) is 79.4 cm³/mol. The number of amides is 1. The highest BCUT2D eigenvalue weighted by Gasteiger charge is 2.23. The summed E-state index contributed by atoms with van der Waals surface area (Å²) in [4.78, 5) is 28.2. The molecule has 2 aromatic heterocycles. The number of hydrogen-bond acceptors (Lipinski definition) is 6. The van der Waals surface area contributed by atoms with Crippen LogP contribution in [0.25, 0.3) is 11.1 Å². The van der Waals surface area contributed by atoms with Crippen molar-refractivity contribution in [2.45, 2.75) is 26.9 Å². The Bertz CT molecular complexity index is 736. The number of aromatic nitrogens is 2. The Morgan fingerprint density at radius 2 is 2.23 bits per heavy atom. The first-order valence-corrected chi connectivity index (χ1v) is 6.77. The van der Waals surface area contributed by atoms with E-state index in [9.17, 15) is 9.59 Å². The van der Waals surface area contributed by atoms with Crippen molar-refractivity contribution in [2.75, 3.05) is 6.54 Å². The van der Waals surface area contributed by atoms with Crippen molar-refractivity contribution in [3.63, 3.8) is 0 Å². The second-order valence-corrected chi connectivity index (χ2v) is 4.84. The molecule has 2 heterocycles. The van der Waals surface area contributed by atoms with Crippen molar-refractivity contribution in [3.8, 4) is 0 Å². The summed E-state index contributed by atoms with van der Waals surface area (Å²) in [6.45, 7) is 8.75. The molecular weight excluding hydrogens is 286 g/mol. The number of fused-ring (bicyclic) bond motifs is 1. The minimum Gasteiger partial charge on any atom is -0.449 e. The van der Waals surface area contributed by atoms with Crippen molar-refractivity contribution in [3.05, 3.63) is 35.7 Å². The molecule has 1 N–H and O–H groups in total. The van der Waals surface area contributed by atoms with Crippen LogP contribution in [0.2, 0.25) is 0 Å². The molecule has 0 aliphatic heterocycles. The van der Waals surface area contributed by atoms with Gasteiger partial charge < -0.3 is 14.6 Å². The van der Waals surface area contributed by atoms with Crippen LogP contribution in [0.4, 0.5) is 0 Å². The van der Waals surface area contributed by atoms with E-state index in [1.807, 2.05) is 0 Å². The van der Waals surface area contributed by atoms with Gasteiger partial charge in [0.15, 0.2) is 6.10 Å². The lowest BCUT2D eigenvalue weighted by Gasteiger charge is -2.13. The fraction of sp³-hybridized carbons (Fsp3) is 0.333. The summed E-state index contributed by atoms with van der Waals surface area (Å²) in [5.74, 6) is -1.01. The molecule has 0 aromatic carbocycles. The van der Waals surface area contributed by atoms with Gasteiger partial charge in [-0.15, -0.1) is 6.58 Å². The number of ether oxygens (including phenoxy) is 1. The molecule has 0 aliphatic rings. The van der Waals surface area contributed by atoms with Crippen LogP contribution in [-0.2, 0) is 9.53 Å². The summed E-state index contributed by atoms with van der Waals surface area (Å²) in [7, 11) is 0. The lowest BCUT2D eigenvalue weighted by atomic mass is 10.1. The van der Waals surface area contributed by atoms with E-state index in [-0.39, 0.29) is 11.3 Å². The average Bonchev–Trinajstić information content (AvgIpc) is 2.84. The van der Waals surface area contributed by atoms with Gasteiger partial charge in [-0.3, -0.25) is 4.79 Å². The first kappa shape index (κ1) is 15.7. The first-order chi connectivity index (χ1) is 10.4. The number of rotatable bonds is 5. The van der Waals surface area contributed by atoms with Gasteiger partial charge in [0.1, 0.15) is 0 Å². The maximum Gasteiger partial charge on any atom is 0.339 e. The van der Waals surface area contributed by atoms with Gasteiger partial charge in [0.2, 0.25) is 0 Å². The Hall–Kier alpha value is -2.70. The van der Waals surface area contributed by atoms with Crippen molar-refractivity contribution in [1.82, 2.24) is 15.5 Å². The van der Waals surface area contributed by atoms with Crippen LogP contribution in [0.1, 0.15) is 28.7 Å². The van der Waals surface area contributed by atoms with Gasteiger partial charge in [0.25, 0.3) is 11.6 Å². The number of aryl methyl sites for hydroxylation is 2.